The zero-order valence-electron chi connectivity index (χ0n) is 16.0. The van der Waals surface area contributed by atoms with E-state index in [2.05, 4.69) is 48.3 Å². The molecule has 1 aliphatic rings. The fraction of sp³-hybridized carbons (Fsp3) is 0.619. The number of nitrogens with zero attached hydrogens (tertiary/aromatic N) is 3. The Bertz CT molecular complexity index is 726. The quantitative estimate of drug-likeness (QED) is 0.806. The van der Waals surface area contributed by atoms with Crippen molar-refractivity contribution in [3.63, 3.8) is 0 Å². The highest BCUT2D eigenvalue weighted by Crippen LogP contribution is 2.29. The molecule has 25 heavy (non-hydrogen) atoms. The highest BCUT2D eigenvalue weighted by Gasteiger charge is 2.26. The molecule has 0 radical (unpaired) electrons. The Kier molecular flexibility index (Phi) is 5.45. The SMILES string of the molecule is CCC(C)C1CCN(C(=O)Cn2cc(C(C)C)c3cnccc32)CC1. The Hall–Kier alpha value is -1.84. The van der Waals surface area contributed by atoms with Crippen molar-refractivity contribution in [2.75, 3.05) is 13.1 Å². The van der Waals surface area contributed by atoms with E-state index >= 15 is 0 Å². The molecule has 1 fully saturated rings. The molecule has 1 saturated heterocycles. The van der Waals surface area contributed by atoms with Crippen molar-refractivity contribution in [2.24, 2.45) is 11.8 Å². The number of amides is 1. The van der Waals surface area contributed by atoms with Gasteiger partial charge in [0.05, 0.1) is 5.52 Å². The van der Waals surface area contributed by atoms with E-state index in [9.17, 15) is 4.79 Å². The Labute approximate surface area is 151 Å². The minimum absolute atomic E-state index is 0.242. The summed E-state index contributed by atoms with van der Waals surface area (Å²) in [7, 11) is 0. The summed E-state index contributed by atoms with van der Waals surface area (Å²) in [6, 6.07) is 2.02. The fourth-order valence-electron chi connectivity index (χ4n) is 4.05. The molecular formula is C21H31N3O. The number of aromatic nitrogens is 2. The van der Waals surface area contributed by atoms with Gasteiger partial charge in [0.25, 0.3) is 0 Å². The molecule has 4 heteroatoms. The first kappa shape index (κ1) is 18.0. The summed E-state index contributed by atoms with van der Waals surface area (Å²) in [5.74, 6) is 2.22. The van der Waals surface area contributed by atoms with Gasteiger partial charge in [-0.1, -0.05) is 34.1 Å². The predicted octanol–water partition coefficient (Wildman–Crippen LogP) is 4.44. The largest absolute Gasteiger partial charge is 0.341 e. The molecule has 3 heterocycles. The van der Waals surface area contributed by atoms with Gasteiger partial charge < -0.3 is 9.47 Å². The number of pyridine rings is 1. The maximum absolute atomic E-state index is 12.8. The van der Waals surface area contributed by atoms with Gasteiger partial charge in [-0.15, -0.1) is 0 Å². The van der Waals surface area contributed by atoms with E-state index < -0.39 is 0 Å². The molecule has 0 N–H and O–H groups in total. The van der Waals surface area contributed by atoms with Crippen LogP contribution in [0.1, 0.15) is 58.4 Å². The topological polar surface area (TPSA) is 38.1 Å². The minimum atomic E-state index is 0.242. The smallest absolute Gasteiger partial charge is 0.242 e. The van der Waals surface area contributed by atoms with E-state index in [1.54, 1.807) is 0 Å². The number of fused-ring (bicyclic) bond motifs is 1. The highest BCUT2D eigenvalue weighted by atomic mass is 16.2. The lowest BCUT2D eigenvalue weighted by atomic mass is 9.84. The Morgan fingerprint density at radius 1 is 1.28 bits per heavy atom. The van der Waals surface area contributed by atoms with Crippen molar-refractivity contribution in [2.45, 2.75) is 59.4 Å². The van der Waals surface area contributed by atoms with Crippen molar-refractivity contribution < 1.29 is 4.79 Å². The van der Waals surface area contributed by atoms with Crippen LogP contribution in [0.4, 0.5) is 0 Å². The third-order valence-electron chi connectivity index (χ3n) is 5.98. The predicted molar refractivity (Wildman–Crippen MR) is 103 cm³/mol. The maximum atomic E-state index is 12.8. The van der Waals surface area contributed by atoms with Gasteiger partial charge in [-0.05, 0) is 42.2 Å². The summed E-state index contributed by atoms with van der Waals surface area (Å²) in [5.41, 5.74) is 2.38. The number of rotatable bonds is 5. The van der Waals surface area contributed by atoms with E-state index in [0.29, 0.717) is 12.5 Å². The van der Waals surface area contributed by atoms with E-state index in [0.717, 1.165) is 43.3 Å². The number of hydrogen-bond acceptors (Lipinski definition) is 2. The first-order valence-corrected chi connectivity index (χ1v) is 9.71. The molecule has 0 aliphatic carbocycles. The molecule has 2 aromatic rings. The zero-order valence-corrected chi connectivity index (χ0v) is 16.0. The van der Waals surface area contributed by atoms with Crippen molar-refractivity contribution in [1.29, 1.82) is 0 Å². The highest BCUT2D eigenvalue weighted by molar-refractivity contribution is 5.86. The van der Waals surface area contributed by atoms with Gasteiger partial charge in [-0.3, -0.25) is 9.78 Å². The van der Waals surface area contributed by atoms with E-state index in [1.165, 1.54) is 17.4 Å². The van der Waals surface area contributed by atoms with Crippen molar-refractivity contribution in [3.8, 4) is 0 Å². The summed E-state index contributed by atoms with van der Waals surface area (Å²) in [5, 5.41) is 1.17. The summed E-state index contributed by atoms with van der Waals surface area (Å²) >= 11 is 0. The molecule has 1 aliphatic heterocycles. The normalized spacial score (nSPS) is 17.4. The number of hydrogen-bond donors (Lipinski definition) is 0. The van der Waals surface area contributed by atoms with Crippen LogP contribution in [0.2, 0.25) is 0 Å². The lowest BCUT2D eigenvalue weighted by Crippen LogP contribution is -2.41. The molecule has 1 atom stereocenters. The monoisotopic (exact) mass is 341 g/mol. The van der Waals surface area contributed by atoms with Gasteiger partial charge in [-0.25, -0.2) is 0 Å². The third-order valence-corrected chi connectivity index (χ3v) is 5.98. The Morgan fingerprint density at radius 2 is 2.00 bits per heavy atom. The van der Waals surface area contributed by atoms with Crippen LogP contribution in [0.5, 0.6) is 0 Å². The average Bonchev–Trinajstić information content (AvgIpc) is 3.00. The lowest BCUT2D eigenvalue weighted by Gasteiger charge is -2.34. The molecule has 3 rings (SSSR count). The molecular weight excluding hydrogens is 310 g/mol. The van der Waals surface area contributed by atoms with E-state index in [4.69, 9.17) is 0 Å². The van der Waals surface area contributed by atoms with Crippen LogP contribution >= 0.6 is 0 Å². The second-order valence-corrected chi connectivity index (χ2v) is 7.86. The van der Waals surface area contributed by atoms with Crippen LogP contribution < -0.4 is 0 Å². The molecule has 0 spiro atoms. The molecule has 1 amide bonds. The molecule has 136 valence electrons. The van der Waals surface area contributed by atoms with E-state index in [-0.39, 0.29) is 5.91 Å². The summed E-state index contributed by atoms with van der Waals surface area (Å²) in [4.78, 5) is 19.1. The molecule has 0 bridgehead atoms. The van der Waals surface area contributed by atoms with Gasteiger partial charge >= 0.3 is 0 Å². The standard InChI is InChI=1S/C21H31N3O/c1-5-16(4)17-7-10-23(11-8-17)21(25)14-24-13-19(15(2)3)18-12-22-9-6-20(18)24/h6,9,12-13,15-17H,5,7-8,10-11,14H2,1-4H3. The molecule has 0 saturated carbocycles. The summed E-state index contributed by atoms with van der Waals surface area (Å²) in [6.07, 6.45) is 9.40. The summed E-state index contributed by atoms with van der Waals surface area (Å²) in [6.45, 7) is 11.2. The van der Waals surface area contributed by atoms with Crippen LogP contribution in [0.25, 0.3) is 10.9 Å². The van der Waals surface area contributed by atoms with Gasteiger partial charge in [0.15, 0.2) is 0 Å². The number of carbonyl (C=O) groups is 1. The third kappa shape index (κ3) is 3.73. The maximum Gasteiger partial charge on any atom is 0.242 e. The van der Waals surface area contributed by atoms with Crippen LogP contribution in [0.15, 0.2) is 24.7 Å². The second-order valence-electron chi connectivity index (χ2n) is 7.86. The van der Waals surface area contributed by atoms with Crippen LogP contribution in [0.3, 0.4) is 0 Å². The second kappa shape index (κ2) is 7.59. The molecule has 1 unspecified atom stereocenters. The van der Waals surface area contributed by atoms with Crippen LogP contribution in [-0.4, -0.2) is 33.4 Å². The van der Waals surface area contributed by atoms with Crippen LogP contribution in [0, 0.1) is 11.8 Å². The summed E-state index contributed by atoms with van der Waals surface area (Å²) < 4.78 is 2.11. The van der Waals surface area contributed by atoms with Crippen molar-refractivity contribution in [3.05, 3.63) is 30.2 Å². The first-order chi connectivity index (χ1) is 12.0. The van der Waals surface area contributed by atoms with Gasteiger partial charge in [-0.2, -0.15) is 0 Å². The van der Waals surface area contributed by atoms with E-state index in [1.807, 2.05) is 18.5 Å². The number of piperidine rings is 1. The average molecular weight is 341 g/mol. The van der Waals surface area contributed by atoms with Crippen LogP contribution in [-0.2, 0) is 11.3 Å². The fourth-order valence-corrected chi connectivity index (χ4v) is 4.05. The van der Waals surface area contributed by atoms with Crippen molar-refractivity contribution >= 4 is 16.8 Å². The Balaban J connectivity index is 1.71. The van der Waals surface area contributed by atoms with Gasteiger partial charge in [0, 0.05) is 37.1 Å². The molecule has 4 nitrogen and oxygen atoms in total. The van der Waals surface area contributed by atoms with Gasteiger partial charge in [0.2, 0.25) is 5.91 Å². The zero-order chi connectivity index (χ0) is 18.0. The first-order valence-electron chi connectivity index (χ1n) is 9.71. The molecule has 2 aromatic heterocycles. The van der Waals surface area contributed by atoms with Crippen molar-refractivity contribution in [1.82, 2.24) is 14.5 Å². The lowest BCUT2D eigenvalue weighted by molar-refractivity contribution is -0.133. The number of likely N-dealkylation sites (tertiary alicyclic amines) is 1. The van der Waals surface area contributed by atoms with Gasteiger partial charge in [0.1, 0.15) is 6.54 Å². The Morgan fingerprint density at radius 3 is 2.64 bits per heavy atom. The number of carbonyl (C=O) groups excluding carboxylic acids is 1. The minimum Gasteiger partial charge on any atom is -0.341 e. The molecule has 0 aromatic carbocycles.